The number of rotatable bonds is 4. The molecule has 3 aliphatic rings. The van der Waals surface area contributed by atoms with Crippen molar-refractivity contribution in [3.63, 3.8) is 0 Å². The first-order valence-electron chi connectivity index (χ1n) is 8.87. The normalized spacial score (nSPS) is 29.9. The van der Waals surface area contributed by atoms with E-state index in [0.717, 1.165) is 17.7 Å². The highest BCUT2D eigenvalue weighted by atomic mass is 16.5. The quantitative estimate of drug-likeness (QED) is 0.622. The topological polar surface area (TPSA) is 131 Å². The van der Waals surface area contributed by atoms with Crippen molar-refractivity contribution in [2.75, 3.05) is 7.11 Å². The summed E-state index contributed by atoms with van der Waals surface area (Å²) >= 11 is 0. The first-order chi connectivity index (χ1) is 12.9. The van der Waals surface area contributed by atoms with Crippen LogP contribution in [0.1, 0.15) is 47.8 Å². The molecule has 144 valence electrons. The molecular weight excluding hydrogens is 354 g/mol. The van der Waals surface area contributed by atoms with E-state index in [9.17, 15) is 19.5 Å². The van der Waals surface area contributed by atoms with Gasteiger partial charge in [0.1, 0.15) is 12.1 Å². The standard InChI is InChI=1S/C18H21N3O6/c1-26-13-6-10-11(7-14(13)27-9-4-8(19)5-9)18(25)21(17(10)24)12-2-3-15(22)20-16(12)23/h6-9,12,18,25H,2-5,19H2,1H3,(H,20,22,23). The number of hydrogen-bond acceptors (Lipinski definition) is 7. The molecule has 2 atom stereocenters. The average molecular weight is 375 g/mol. The fraction of sp³-hybridized carbons (Fsp3) is 0.500. The number of aliphatic hydroxyl groups is 1. The Labute approximate surface area is 155 Å². The van der Waals surface area contributed by atoms with Gasteiger partial charge in [-0.3, -0.25) is 24.6 Å². The van der Waals surface area contributed by atoms with Crippen molar-refractivity contribution in [1.29, 1.82) is 0 Å². The highest BCUT2D eigenvalue weighted by Gasteiger charge is 2.45. The Hall–Kier alpha value is -2.65. The van der Waals surface area contributed by atoms with Crippen LogP contribution in [0.4, 0.5) is 0 Å². The van der Waals surface area contributed by atoms with E-state index >= 15 is 0 Å². The van der Waals surface area contributed by atoms with Crippen LogP contribution in [0.3, 0.4) is 0 Å². The zero-order valence-corrected chi connectivity index (χ0v) is 14.8. The number of nitrogens with one attached hydrogen (secondary N) is 1. The summed E-state index contributed by atoms with van der Waals surface area (Å²) in [6, 6.07) is 2.30. The van der Waals surface area contributed by atoms with Gasteiger partial charge in [0.15, 0.2) is 17.7 Å². The Kier molecular flexibility index (Phi) is 4.27. The van der Waals surface area contributed by atoms with Gasteiger partial charge in [-0.1, -0.05) is 0 Å². The smallest absolute Gasteiger partial charge is 0.257 e. The Morgan fingerprint density at radius 3 is 2.59 bits per heavy atom. The van der Waals surface area contributed by atoms with Crippen LogP contribution in [0, 0.1) is 0 Å². The molecule has 1 saturated carbocycles. The number of imide groups is 1. The third-order valence-electron chi connectivity index (χ3n) is 5.31. The molecule has 1 aromatic carbocycles. The molecule has 2 fully saturated rings. The van der Waals surface area contributed by atoms with Crippen molar-refractivity contribution in [1.82, 2.24) is 10.2 Å². The maximum atomic E-state index is 12.8. The number of fused-ring (bicyclic) bond motifs is 1. The lowest BCUT2D eigenvalue weighted by Crippen LogP contribution is -2.53. The number of nitrogens with two attached hydrogens (primary N) is 1. The zero-order valence-electron chi connectivity index (χ0n) is 14.8. The molecule has 27 heavy (non-hydrogen) atoms. The molecule has 9 heteroatoms. The van der Waals surface area contributed by atoms with Crippen molar-refractivity contribution in [2.24, 2.45) is 5.73 Å². The molecule has 0 spiro atoms. The number of amides is 3. The summed E-state index contributed by atoms with van der Waals surface area (Å²) in [5, 5.41) is 12.9. The van der Waals surface area contributed by atoms with Crippen molar-refractivity contribution < 1.29 is 29.0 Å². The molecule has 0 bridgehead atoms. The lowest BCUT2D eigenvalue weighted by molar-refractivity contribution is -0.139. The van der Waals surface area contributed by atoms with Gasteiger partial charge in [0, 0.05) is 18.0 Å². The summed E-state index contributed by atoms with van der Waals surface area (Å²) in [5.74, 6) is -0.656. The highest BCUT2D eigenvalue weighted by molar-refractivity contribution is 6.06. The molecule has 1 saturated heterocycles. The number of methoxy groups -OCH3 is 1. The van der Waals surface area contributed by atoms with E-state index < -0.39 is 24.1 Å². The van der Waals surface area contributed by atoms with Gasteiger partial charge in [-0.2, -0.15) is 0 Å². The highest BCUT2D eigenvalue weighted by Crippen LogP contribution is 2.42. The number of ether oxygens (including phenoxy) is 2. The number of benzene rings is 1. The molecule has 3 amide bonds. The van der Waals surface area contributed by atoms with Crippen LogP contribution < -0.4 is 20.5 Å². The summed E-state index contributed by atoms with van der Waals surface area (Å²) in [6.45, 7) is 0. The molecule has 2 heterocycles. The molecule has 9 nitrogen and oxygen atoms in total. The van der Waals surface area contributed by atoms with Crippen molar-refractivity contribution in [2.45, 2.75) is 50.1 Å². The summed E-state index contributed by atoms with van der Waals surface area (Å²) < 4.78 is 11.2. The second-order valence-electron chi connectivity index (χ2n) is 7.11. The van der Waals surface area contributed by atoms with E-state index in [4.69, 9.17) is 15.2 Å². The lowest BCUT2D eigenvalue weighted by atomic mass is 9.90. The summed E-state index contributed by atoms with van der Waals surface area (Å²) in [7, 11) is 1.47. The monoisotopic (exact) mass is 375 g/mol. The Morgan fingerprint density at radius 1 is 1.22 bits per heavy atom. The molecular formula is C18H21N3O6. The van der Waals surface area contributed by atoms with E-state index in [-0.39, 0.29) is 36.5 Å². The van der Waals surface area contributed by atoms with Crippen molar-refractivity contribution >= 4 is 17.7 Å². The maximum absolute atomic E-state index is 12.8. The SMILES string of the molecule is COc1cc2c(cc1OC1CC(N)C1)C(O)N(C1CCC(=O)NC1=O)C2=O. The molecule has 2 unspecified atom stereocenters. The van der Waals surface area contributed by atoms with Crippen molar-refractivity contribution in [3.8, 4) is 11.5 Å². The minimum absolute atomic E-state index is 0.0348. The number of nitrogens with zero attached hydrogens (tertiary/aromatic N) is 1. The number of piperidine rings is 1. The van der Waals surface area contributed by atoms with Crippen LogP contribution in [0.5, 0.6) is 11.5 Å². The molecule has 4 rings (SSSR count). The van der Waals surface area contributed by atoms with E-state index in [1.807, 2.05) is 0 Å². The van der Waals surface area contributed by atoms with Crippen LogP contribution in [0.25, 0.3) is 0 Å². The molecule has 0 aromatic heterocycles. The van der Waals surface area contributed by atoms with Gasteiger partial charge in [0.25, 0.3) is 5.91 Å². The minimum atomic E-state index is -1.30. The van der Waals surface area contributed by atoms with Crippen LogP contribution in [0.2, 0.25) is 0 Å². The Bertz CT molecular complexity index is 820. The second kappa shape index (κ2) is 6.50. The Balaban J connectivity index is 1.63. The largest absolute Gasteiger partial charge is 0.493 e. The summed E-state index contributed by atoms with van der Waals surface area (Å²) in [4.78, 5) is 37.5. The Morgan fingerprint density at radius 2 is 1.96 bits per heavy atom. The van der Waals surface area contributed by atoms with E-state index in [0.29, 0.717) is 17.1 Å². The number of hydrogen-bond donors (Lipinski definition) is 3. The first-order valence-corrected chi connectivity index (χ1v) is 8.87. The van der Waals surface area contributed by atoms with Gasteiger partial charge in [-0.05, 0) is 31.4 Å². The van der Waals surface area contributed by atoms with Crippen molar-refractivity contribution in [3.05, 3.63) is 23.3 Å². The summed E-state index contributed by atoms with van der Waals surface area (Å²) in [6.07, 6.45) is 0.403. The van der Waals surface area contributed by atoms with Crippen LogP contribution >= 0.6 is 0 Å². The molecule has 2 aliphatic heterocycles. The van der Waals surface area contributed by atoms with Crippen LogP contribution in [-0.2, 0) is 9.59 Å². The van der Waals surface area contributed by atoms with E-state index in [2.05, 4.69) is 5.32 Å². The zero-order chi connectivity index (χ0) is 19.3. The van der Waals surface area contributed by atoms with Gasteiger partial charge in [-0.25, -0.2) is 0 Å². The summed E-state index contributed by atoms with van der Waals surface area (Å²) in [5.41, 5.74) is 6.39. The van der Waals surface area contributed by atoms with Gasteiger partial charge in [-0.15, -0.1) is 0 Å². The lowest BCUT2D eigenvalue weighted by Gasteiger charge is -2.33. The number of carbonyl (C=O) groups excluding carboxylic acids is 3. The minimum Gasteiger partial charge on any atom is -0.493 e. The number of carbonyl (C=O) groups is 3. The fourth-order valence-corrected chi connectivity index (χ4v) is 3.77. The third-order valence-corrected chi connectivity index (χ3v) is 5.31. The second-order valence-corrected chi connectivity index (χ2v) is 7.11. The van der Waals surface area contributed by atoms with E-state index in [1.165, 1.54) is 13.2 Å². The average Bonchev–Trinajstić information content (AvgIpc) is 2.84. The maximum Gasteiger partial charge on any atom is 0.257 e. The van der Waals surface area contributed by atoms with Crippen LogP contribution in [-0.4, -0.2) is 53.0 Å². The van der Waals surface area contributed by atoms with Gasteiger partial charge >= 0.3 is 0 Å². The molecule has 0 radical (unpaired) electrons. The van der Waals surface area contributed by atoms with Crippen LogP contribution in [0.15, 0.2) is 12.1 Å². The van der Waals surface area contributed by atoms with Gasteiger partial charge in [0.2, 0.25) is 11.8 Å². The molecule has 1 aromatic rings. The predicted octanol–water partition coefficient (Wildman–Crippen LogP) is -0.184. The van der Waals surface area contributed by atoms with Gasteiger partial charge in [0.05, 0.1) is 12.7 Å². The molecule has 4 N–H and O–H groups in total. The third kappa shape index (κ3) is 2.92. The fourth-order valence-electron chi connectivity index (χ4n) is 3.77. The van der Waals surface area contributed by atoms with E-state index in [1.54, 1.807) is 6.07 Å². The number of aliphatic hydroxyl groups excluding tert-OH is 1. The predicted molar refractivity (Wildman–Crippen MR) is 91.9 cm³/mol. The molecule has 1 aliphatic carbocycles. The first kappa shape index (κ1) is 17.7. The van der Waals surface area contributed by atoms with Gasteiger partial charge < -0.3 is 20.3 Å².